The Labute approximate surface area is 141 Å². The second kappa shape index (κ2) is 6.68. The summed E-state index contributed by atoms with van der Waals surface area (Å²) in [6, 6.07) is 5.61. The molecule has 1 aromatic heterocycles. The number of fused-ring (bicyclic) bond motifs is 1. The third-order valence-electron chi connectivity index (χ3n) is 4.57. The number of carbonyl (C=O) groups is 1. The molecule has 7 nitrogen and oxygen atoms in total. The number of aromatic nitrogens is 1. The van der Waals surface area contributed by atoms with Crippen LogP contribution in [0.1, 0.15) is 19.8 Å². The van der Waals surface area contributed by atoms with Crippen molar-refractivity contribution < 1.29 is 14.3 Å². The van der Waals surface area contributed by atoms with E-state index in [1.54, 1.807) is 28.0 Å². The van der Waals surface area contributed by atoms with E-state index in [1.807, 2.05) is 14.1 Å². The third-order valence-corrected chi connectivity index (χ3v) is 4.57. The van der Waals surface area contributed by atoms with Crippen LogP contribution in [0.4, 0.5) is 16.5 Å². The van der Waals surface area contributed by atoms with Crippen LogP contribution in [-0.2, 0) is 0 Å². The molecule has 1 aromatic carbocycles. The Hall–Kier alpha value is -2.28. The van der Waals surface area contributed by atoms with Crippen LogP contribution >= 0.6 is 0 Å². The summed E-state index contributed by atoms with van der Waals surface area (Å²) in [7, 11) is 3.72. The molecule has 2 amide bonds. The van der Waals surface area contributed by atoms with Crippen molar-refractivity contribution in [3.63, 3.8) is 0 Å². The van der Waals surface area contributed by atoms with E-state index in [2.05, 4.69) is 17.2 Å². The van der Waals surface area contributed by atoms with Crippen molar-refractivity contribution in [1.82, 2.24) is 9.88 Å². The number of nitrogens with one attached hydrogen (secondary N) is 1. The Balaban J connectivity index is 1.77. The molecule has 1 fully saturated rings. The first-order valence-corrected chi connectivity index (χ1v) is 8.26. The number of benzene rings is 1. The van der Waals surface area contributed by atoms with Gasteiger partial charge in [-0.1, -0.05) is 6.92 Å². The predicted molar refractivity (Wildman–Crippen MR) is 93.3 cm³/mol. The SMILES string of the molecule is CC1CCCN(C(=O)Nc2ccc3oc(N(C)C)nc3c2)C1CO. The first-order chi connectivity index (χ1) is 11.5. The van der Waals surface area contributed by atoms with Gasteiger partial charge in [-0.2, -0.15) is 4.98 Å². The molecule has 3 rings (SSSR count). The molecule has 2 heterocycles. The molecule has 0 aliphatic carbocycles. The first kappa shape index (κ1) is 16.6. The lowest BCUT2D eigenvalue weighted by Crippen LogP contribution is -2.51. The Morgan fingerprint density at radius 2 is 2.29 bits per heavy atom. The van der Waals surface area contributed by atoms with E-state index in [0.717, 1.165) is 12.8 Å². The number of aliphatic hydroxyl groups excluding tert-OH is 1. The molecule has 130 valence electrons. The summed E-state index contributed by atoms with van der Waals surface area (Å²) in [6.45, 7) is 2.73. The van der Waals surface area contributed by atoms with Crippen molar-refractivity contribution in [2.75, 3.05) is 37.5 Å². The lowest BCUT2D eigenvalue weighted by Gasteiger charge is -2.38. The van der Waals surface area contributed by atoms with Gasteiger partial charge >= 0.3 is 6.03 Å². The number of oxazole rings is 1. The van der Waals surface area contributed by atoms with Crippen molar-refractivity contribution in [3.05, 3.63) is 18.2 Å². The van der Waals surface area contributed by atoms with E-state index in [1.165, 1.54) is 0 Å². The van der Waals surface area contributed by atoms with Crippen LogP contribution < -0.4 is 10.2 Å². The molecule has 0 saturated carbocycles. The maximum absolute atomic E-state index is 12.6. The van der Waals surface area contributed by atoms with Gasteiger partial charge in [-0.25, -0.2) is 4.79 Å². The normalized spacial score (nSPS) is 21.1. The first-order valence-electron chi connectivity index (χ1n) is 8.26. The zero-order chi connectivity index (χ0) is 17.3. The predicted octanol–water partition coefficient (Wildman–Crippen LogP) is 2.52. The standard InChI is InChI=1S/C17H24N4O3/c1-11-5-4-8-21(14(11)10-22)16(23)18-12-6-7-15-13(9-12)19-17(24-15)20(2)3/h6-7,9,11,14,22H,4-5,8,10H2,1-3H3,(H,18,23). The van der Waals surface area contributed by atoms with Gasteiger partial charge in [0.1, 0.15) is 5.52 Å². The number of nitrogens with zero attached hydrogens (tertiary/aromatic N) is 3. The van der Waals surface area contributed by atoms with Gasteiger partial charge in [0.15, 0.2) is 5.58 Å². The number of rotatable bonds is 3. The molecule has 1 saturated heterocycles. The van der Waals surface area contributed by atoms with Gasteiger partial charge in [0, 0.05) is 26.3 Å². The summed E-state index contributed by atoms with van der Waals surface area (Å²) in [5, 5.41) is 12.5. The number of likely N-dealkylation sites (tertiary alicyclic amines) is 1. The van der Waals surface area contributed by atoms with Crippen molar-refractivity contribution in [2.24, 2.45) is 5.92 Å². The topological polar surface area (TPSA) is 81.8 Å². The fraction of sp³-hybridized carbons (Fsp3) is 0.529. The van der Waals surface area contributed by atoms with Gasteiger partial charge in [0.2, 0.25) is 0 Å². The number of aliphatic hydroxyl groups is 1. The summed E-state index contributed by atoms with van der Waals surface area (Å²) >= 11 is 0. The van der Waals surface area contributed by atoms with Gasteiger partial charge in [0.05, 0.1) is 12.6 Å². The summed E-state index contributed by atoms with van der Waals surface area (Å²) < 4.78 is 5.61. The highest BCUT2D eigenvalue weighted by atomic mass is 16.4. The minimum Gasteiger partial charge on any atom is -0.423 e. The van der Waals surface area contributed by atoms with E-state index >= 15 is 0 Å². The van der Waals surface area contributed by atoms with Crippen molar-refractivity contribution >= 4 is 28.8 Å². The number of hydrogen-bond acceptors (Lipinski definition) is 5. The molecule has 2 N–H and O–H groups in total. The van der Waals surface area contributed by atoms with Gasteiger partial charge in [0.25, 0.3) is 6.01 Å². The number of urea groups is 1. The second-order valence-corrected chi connectivity index (χ2v) is 6.57. The van der Waals surface area contributed by atoms with Crippen LogP contribution in [0.25, 0.3) is 11.1 Å². The van der Waals surface area contributed by atoms with E-state index < -0.39 is 0 Å². The second-order valence-electron chi connectivity index (χ2n) is 6.57. The average molecular weight is 332 g/mol. The quantitative estimate of drug-likeness (QED) is 0.902. The molecule has 24 heavy (non-hydrogen) atoms. The number of amides is 2. The number of carbonyl (C=O) groups excluding carboxylic acids is 1. The number of piperidine rings is 1. The summed E-state index contributed by atoms with van der Waals surface area (Å²) in [5.74, 6) is 0.301. The highest BCUT2D eigenvalue weighted by Crippen LogP contribution is 2.26. The summed E-state index contributed by atoms with van der Waals surface area (Å²) in [5.41, 5.74) is 2.04. The molecule has 2 unspecified atom stereocenters. The largest absolute Gasteiger partial charge is 0.423 e. The maximum atomic E-state index is 12.6. The zero-order valence-corrected chi connectivity index (χ0v) is 14.3. The van der Waals surface area contributed by atoms with Crippen molar-refractivity contribution in [1.29, 1.82) is 0 Å². The van der Waals surface area contributed by atoms with E-state index in [0.29, 0.717) is 35.3 Å². The van der Waals surface area contributed by atoms with Gasteiger partial charge < -0.3 is 24.6 Å². The molecular weight excluding hydrogens is 308 g/mol. The van der Waals surface area contributed by atoms with Crippen molar-refractivity contribution in [2.45, 2.75) is 25.8 Å². The van der Waals surface area contributed by atoms with E-state index in [9.17, 15) is 9.90 Å². The zero-order valence-electron chi connectivity index (χ0n) is 14.3. The minimum absolute atomic E-state index is 0.0108. The molecule has 2 aromatic rings. The third kappa shape index (κ3) is 3.17. The lowest BCUT2D eigenvalue weighted by atomic mass is 9.91. The van der Waals surface area contributed by atoms with E-state index in [4.69, 9.17) is 4.42 Å². The number of anilines is 2. The minimum atomic E-state index is -0.184. The van der Waals surface area contributed by atoms with Gasteiger partial charge in [-0.3, -0.25) is 0 Å². The van der Waals surface area contributed by atoms with Crippen LogP contribution in [0.15, 0.2) is 22.6 Å². The Morgan fingerprint density at radius 3 is 3.00 bits per heavy atom. The van der Waals surface area contributed by atoms with Crippen molar-refractivity contribution in [3.8, 4) is 0 Å². The van der Waals surface area contributed by atoms with Crippen LogP contribution in [0.2, 0.25) is 0 Å². The van der Waals surface area contributed by atoms with Gasteiger partial charge in [-0.05, 0) is 37.0 Å². The summed E-state index contributed by atoms with van der Waals surface area (Å²) in [4.78, 5) is 20.5. The molecule has 1 aliphatic rings. The maximum Gasteiger partial charge on any atom is 0.322 e. The Morgan fingerprint density at radius 1 is 1.50 bits per heavy atom. The molecule has 7 heteroatoms. The van der Waals surface area contributed by atoms with E-state index in [-0.39, 0.29) is 18.7 Å². The number of hydrogen-bond donors (Lipinski definition) is 2. The highest BCUT2D eigenvalue weighted by molar-refractivity contribution is 5.92. The lowest BCUT2D eigenvalue weighted by molar-refractivity contribution is 0.0811. The van der Waals surface area contributed by atoms with Crippen LogP contribution in [0.5, 0.6) is 0 Å². The summed E-state index contributed by atoms with van der Waals surface area (Å²) in [6.07, 6.45) is 1.99. The van der Waals surface area contributed by atoms with Crippen LogP contribution in [0.3, 0.4) is 0 Å². The molecule has 2 atom stereocenters. The van der Waals surface area contributed by atoms with Gasteiger partial charge in [-0.15, -0.1) is 0 Å². The fourth-order valence-corrected chi connectivity index (χ4v) is 3.16. The molecule has 1 aliphatic heterocycles. The average Bonchev–Trinajstić information content (AvgIpc) is 2.98. The molecule has 0 radical (unpaired) electrons. The smallest absolute Gasteiger partial charge is 0.322 e. The highest BCUT2D eigenvalue weighted by Gasteiger charge is 2.31. The Bertz CT molecular complexity index is 728. The monoisotopic (exact) mass is 332 g/mol. The molecular formula is C17H24N4O3. The van der Waals surface area contributed by atoms with Crippen LogP contribution in [-0.4, -0.2) is 54.3 Å². The van der Waals surface area contributed by atoms with Crippen LogP contribution in [0, 0.1) is 5.92 Å². The Kier molecular flexibility index (Phi) is 4.62. The molecule has 0 spiro atoms. The fourth-order valence-electron chi connectivity index (χ4n) is 3.16. The molecule has 0 bridgehead atoms.